The summed E-state index contributed by atoms with van der Waals surface area (Å²) in [6.07, 6.45) is 3.88. The van der Waals surface area contributed by atoms with Crippen LogP contribution in [0.3, 0.4) is 0 Å². The molecule has 1 aromatic heterocycles. The molecule has 5 heteroatoms. The van der Waals surface area contributed by atoms with Crippen molar-refractivity contribution in [2.45, 2.75) is 37.9 Å². The second-order valence-corrected chi connectivity index (χ2v) is 5.09. The number of ketones is 1. The van der Waals surface area contributed by atoms with Crippen LogP contribution in [0.2, 0.25) is 0 Å². The highest BCUT2D eigenvalue weighted by Gasteiger charge is 2.21. The quantitative estimate of drug-likeness (QED) is 0.790. The fourth-order valence-electron chi connectivity index (χ4n) is 1.63. The highest BCUT2D eigenvalue weighted by Crippen LogP contribution is 2.36. The fourth-order valence-corrected chi connectivity index (χ4v) is 2.86. The summed E-state index contributed by atoms with van der Waals surface area (Å²) in [5.74, 6) is 2.43. The van der Waals surface area contributed by atoms with E-state index < -0.39 is 0 Å². The van der Waals surface area contributed by atoms with Gasteiger partial charge in [0.2, 0.25) is 5.89 Å². The topological polar surface area (TPSA) is 56.0 Å². The Balaban J connectivity index is 2.02. The van der Waals surface area contributed by atoms with Crippen molar-refractivity contribution < 1.29 is 9.32 Å². The summed E-state index contributed by atoms with van der Waals surface area (Å²) < 4.78 is 5.03. The van der Waals surface area contributed by atoms with Crippen molar-refractivity contribution in [3.63, 3.8) is 0 Å². The van der Waals surface area contributed by atoms with E-state index in [1.54, 1.807) is 0 Å². The van der Waals surface area contributed by atoms with Crippen LogP contribution in [0.25, 0.3) is 0 Å². The first kappa shape index (κ1) is 10.7. The molecule has 4 nitrogen and oxygen atoms in total. The second-order valence-electron chi connectivity index (χ2n) is 3.78. The predicted octanol–water partition coefficient (Wildman–Crippen LogP) is 2.16. The van der Waals surface area contributed by atoms with E-state index in [4.69, 9.17) is 4.52 Å². The summed E-state index contributed by atoms with van der Waals surface area (Å²) >= 11 is 1.88. The molecule has 2 heterocycles. The Bertz CT molecular complexity index is 345. The lowest BCUT2D eigenvalue weighted by molar-refractivity contribution is -0.116. The molecule has 0 radical (unpaired) electrons. The van der Waals surface area contributed by atoms with Crippen LogP contribution in [0.15, 0.2) is 4.52 Å². The standard InChI is InChI=1S/C10H14N2O2S/c1-7(13)6-9-11-10(12-14-9)8-4-2-3-5-15-8/h8H,2-6H2,1H3. The van der Waals surface area contributed by atoms with E-state index >= 15 is 0 Å². The second kappa shape index (κ2) is 4.79. The number of aromatic nitrogens is 2. The highest BCUT2D eigenvalue weighted by atomic mass is 32.2. The SMILES string of the molecule is CC(=O)Cc1nc(C2CCCCS2)no1. The monoisotopic (exact) mass is 226 g/mol. The summed E-state index contributed by atoms with van der Waals surface area (Å²) in [6.45, 7) is 1.53. The fraction of sp³-hybridized carbons (Fsp3) is 0.700. The first-order valence-corrected chi connectivity index (χ1v) is 6.24. The van der Waals surface area contributed by atoms with Crippen LogP contribution in [-0.4, -0.2) is 21.7 Å². The van der Waals surface area contributed by atoms with Crippen molar-refractivity contribution in [2.75, 3.05) is 5.75 Å². The van der Waals surface area contributed by atoms with Crippen LogP contribution in [-0.2, 0) is 11.2 Å². The Kier molecular flexibility index (Phi) is 3.41. The van der Waals surface area contributed by atoms with E-state index in [-0.39, 0.29) is 12.2 Å². The number of carbonyl (C=O) groups excluding carboxylic acids is 1. The third kappa shape index (κ3) is 2.81. The van der Waals surface area contributed by atoms with Gasteiger partial charge in [-0.25, -0.2) is 0 Å². The summed E-state index contributed by atoms with van der Waals surface area (Å²) in [6, 6.07) is 0. The number of hydrogen-bond donors (Lipinski definition) is 0. The van der Waals surface area contributed by atoms with Gasteiger partial charge in [-0.05, 0) is 25.5 Å². The van der Waals surface area contributed by atoms with Crippen molar-refractivity contribution in [2.24, 2.45) is 0 Å². The third-order valence-electron chi connectivity index (χ3n) is 2.35. The van der Waals surface area contributed by atoms with Crippen molar-refractivity contribution in [3.05, 3.63) is 11.7 Å². The van der Waals surface area contributed by atoms with E-state index in [9.17, 15) is 4.79 Å². The van der Waals surface area contributed by atoms with Crippen molar-refractivity contribution in [1.29, 1.82) is 0 Å². The first-order chi connectivity index (χ1) is 7.25. The van der Waals surface area contributed by atoms with Crippen molar-refractivity contribution in [1.82, 2.24) is 10.1 Å². The van der Waals surface area contributed by atoms with Gasteiger partial charge in [0.1, 0.15) is 5.78 Å². The summed E-state index contributed by atoms with van der Waals surface area (Å²) in [5.41, 5.74) is 0. The Morgan fingerprint density at radius 3 is 3.13 bits per heavy atom. The minimum absolute atomic E-state index is 0.0569. The van der Waals surface area contributed by atoms with E-state index in [0.29, 0.717) is 11.1 Å². The zero-order valence-corrected chi connectivity index (χ0v) is 9.55. The molecule has 0 spiro atoms. The Morgan fingerprint density at radius 1 is 1.60 bits per heavy atom. The number of nitrogens with zero attached hydrogens (tertiary/aromatic N) is 2. The molecule has 15 heavy (non-hydrogen) atoms. The normalized spacial score (nSPS) is 21.5. The van der Waals surface area contributed by atoms with Gasteiger partial charge in [-0.3, -0.25) is 4.79 Å². The lowest BCUT2D eigenvalue weighted by Gasteiger charge is -2.17. The van der Waals surface area contributed by atoms with Crippen LogP contribution in [0.4, 0.5) is 0 Å². The van der Waals surface area contributed by atoms with Gasteiger partial charge in [0.05, 0.1) is 11.7 Å². The molecule has 0 aromatic carbocycles. The van der Waals surface area contributed by atoms with E-state index in [1.807, 2.05) is 11.8 Å². The van der Waals surface area contributed by atoms with Gasteiger partial charge in [0, 0.05) is 0 Å². The number of rotatable bonds is 3. The van der Waals surface area contributed by atoms with Crippen LogP contribution in [0.1, 0.15) is 43.2 Å². The Labute approximate surface area is 92.8 Å². The molecule has 1 atom stereocenters. The molecular formula is C10H14N2O2S. The van der Waals surface area contributed by atoms with Gasteiger partial charge >= 0.3 is 0 Å². The molecule has 2 rings (SSSR count). The molecule has 82 valence electrons. The van der Waals surface area contributed by atoms with Gasteiger partial charge in [-0.15, -0.1) is 0 Å². The zero-order valence-electron chi connectivity index (χ0n) is 8.73. The number of carbonyl (C=O) groups is 1. The molecule has 0 bridgehead atoms. The molecule has 1 unspecified atom stereocenters. The van der Waals surface area contributed by atoms with Gasteiger partial charge < -0.3 is 4.52 Å². The average molecular weight is 226 g/mol. The van der Waals surface area contributed by atoms with Gasteiger partial charge in [-0.2, -0.15) is 16.7 Å². The first-order valence-electron chi connectivity index (χ1n) is 5.19. The van der Waals surface area contributed by atoms with Crippen LogP contribution >= 0.6 is 11.8 Å². The number of thioether (sulfide) groups is 1. The molecule has 1 aromatic rings. The molecule has 1 fully saturated rings. The summed E-state index contributed by atoms with van der Waals surface area (Å²) in [4.78, 5) is 15.1. The van der Waals surface area contributed by atoms with E-state index in [1.165, 1.54) is 25.5 Å². The smallest absolute Gasteiger partial charge is 0.234 e. The minimum Gasteiger partial charge on any atom is -0.339 e. The molecule has 1 aliphatic rings. The zero-order chi connectivity index (χ0) is 10.7. The average Bonchev–Trinajstić information content (AvgIpc) is 2.67. The molecule has 0 N–H and O–H groups in total. The third-order valence-corrected chi connectivity index (χ3v) is 3.72. The predicted molar refractivity (Wildman–Crippen MR) is 57.7 cm³/mol. The van der Waals surface area contributed by atoms with Crippen molar-refractivity contribution >= 4 is 17.5 Å². The molecule has 0 aliphatic carbocycles. The highest BCUT2D eigenvalue weighted by molar-refractivity contribution is 7.99. The van der Waals surface area contributed by atoms with Gasteiger partial charge in [-0.1, -0.05) is 11.6 Å². The van der Waals surface area contributed by atoms with Crippen LogP contribution in [0, 0.1) is 0 Å². The molecule has 1 saturated heterocycles. The largest absolute Gasteiger partial charge is 0.339 e. The minimum atomic E-state index is 0.0569. The maximum atomic E-state index is 10.9. The molecular weight excluding hydrogens is 212 g/mol. The van der Waals surface area contributed by atoms with Gasteiger partial charge in [0.15, 0.2) is 5.82 Å². The maximum absolute atomic E-state index is 10.9. The molecule has 1 aliphatic heterocycles. The molecule has 0 amide bonds. The Hall–Kier alpha value is -0.840. The van der Waals surface area contributed by atoms with Crippen LogP contribution in [0.5, 0.6) is 0 Å². The lowest BCUT2D eigenvalue weighted by atomic mass is 10.2. The van der Waals surface area contributed by atoms with E-state index in [2.05, 4.69) is 10.1 Å². The number of hydrogen-bond acceptors (Lipinski definition) is 5. The van der Waals surface area contributed by atoms with Crippen molar-refractivity contribution in [3.8, 4) is 0 Å². The maximum Gasteiger partial charge on any atom is 0.234 e. The van der Waals surface area contributed by atoms with Gasteiger partial charge in [0.25, 0.3) is 0 Å². The summed E-state index contributed by atoms with van der Waals surface area (Å²) in [7, 11) is 0. The Morgan fingerprint density at radius 2 is 2.47 bits per heavy atom. The summed E-state index contributed by atoms with van der Waals surface area (Å²) in [5, 5.41) is 4.30. The molecule has 0 saturated carbocycles. The lowest BCUT2D eigenvalue weighted by Crippen LogP contribution is -2.04. The van der Waals surface area contributed by atoms with E-state index in [0.717, 1.165) is 12.2 Å². The number of Topliss-reactive ketones (excluding diaryl/α,β-unsaturated/α-hetero) is 1. The van der Waals surface area contributed by atoms with Crippen LogP contribution < -0.4 is 0 Å².